The average Bonchev–Trinajstić information content (AvgIpc) is 3.16. The molecule has 0 unspecified atom stereocenters. The largest absolute Gasteiger partial charge is 0.419 e. The smallest absolute Gasteiger partial charge is 0.408 e. The lowest BCUT2D eigenvalue weighted by Gasteiger charge is -2.14. The monoisotopic (exact) mass is 376 g/mol. The fraction of sp³-hybridized carbons (Fsp3) is 0.412. The SMILES string of the molecule is Cn1c(=O)oc2ccc(S(=O)(=O)NCCn3ncc4c3CCCC4)cc21. The van der Waals surface area contributed by atoms with Gasteiger partial charge in [-0.15, -0.1) is 0 Å². The predicted molar refractivity (Wildman–Crippen MR) is 95.5 cm³/mol. The van der Waals surface area contributed by atoms with Crippen LogP contribution in [-0.4, -0.2) is 29.3 Å². The van der Waals surface area contributed by atoms with Crippen LogP contribution in [0, 0.1) is 0 Å². The summed E-state index contributed by atoms with van der Waals surface area (Å²) in [5.74, 6) is -0.522. The van der Waals surface area contributed by atoms with Gasteiger partial charge in [0.1, 0.15) is 0 Å². The summed E-state index contributed by atoms with van der Waals surface area (Å²) in [6.45, 7) is 0.736. The lowest BCUT2D eigenvalue weighted by molar-refractivity contribution is 0.528. The topological polar surface area (TPSA) is 99.1 Å². The maximum absolute atomic E-state index is 12.6. The zero-order valence-electron chi connectivity index (χ0n) is 14.4. The van der Waals surface area contributed by atoms with Crippen molar-refractivity contribution < 1.29 is 12.8 Å². The first-order chi connectivity index (χ1) is 12.5. The Bertz CT molecular complexity index is 1120. The van der Waals surface area contributed by atoms with Gasteiger partial charge >= 0.3 is 5.76 Å². The summed E-state index contributed by atoms with van der Waals surface area (Å²) in [6.07, 6.45) is 6.26. The Labute approximate surface area is 150 Å². The standard InChI is InChI=1S/C17H20N4O4S/c1-20-15-10-13(6-7-16(15)25-17(20)22)26(23,24)19-8-9-21-14-5-3-2-4-12(14)11-18-21/h6-7,10-11,19H,2-5,8-9H2,1H3. The molecular formula is C17H20N4O4S. The number of hydrogen-bond acceptors (Lipinski definition) is 5. The quantitative estimate of drug-likeness (QED) is 0.721. The Balaban J connectivity index is 1.50. The summed E-state index contributed by atoms with van der Waals surface area (Å²) in [6, 6.07) is 4.37. The third-order valence-corrected chi connectivity index (χ3v) is 6.29. The van der Waals surface area contributed by atoms with Crippen molar-refractivity contribution in [2.75, 3.05) is 6.54 Å². The molecule has 0 radical (unpaired) electrons. The van der Waals surface area contributed by atoms with Gasteiger partial charge in [0.15, 0.2) is 5.58 Å². The highest BCUT2D eigenvalue weighted by molar-refractivity contribution is 7.89. The summed E-state index contributed by atoms with van der Waals surface area (Å²) < 4.78 is 35.9. The van der Waals surface area contributed by atoms with Crippen molar-refractivity contribution in [1.82, 2.24) is 19.1 Å². The molecule has 0 saturated heterocycles. The van der Waals surface area contributed by atoms with Crippen molar-refractivity contribution in [3.63, 3.8) is 0 Å². The van der Waals surface area contributed by atoms with E-state index < -0.39 is 15.8 Å². The van der Waals surface area contributed by atoms with E-state index >= 15 is 0 Å². The summed E-state index contributed by atoms with van der Waals surface area (Å²) in [4.78, 5) is 11.6. The highest BCUT2D eigenvalue weighted by atomic mass is 32.2. The lowest BCUT2D eigenvalue weighted by atomic mass is 9.98. The van der Waals surface area contributed by atoms with Gasteiger partial charge < -0.3 is 4.42 Å². The van der Waals surface area contributed by atoms with Crippen LogP contribution in [0.15, 0.2) is 38.5 Å². The Hall–Kier alpha value is -2.39. The summed E-state index contributed by atoms with van der Waals surface area (Å²) in [5, 5.41) is 4.38. The van der Waals surface area contributed by atoms with Crippen LogP contribution in [0.2, 0.25) is 0 Å². The molecule has 0 aliphatic heterocycles. The first-order valence-corrected chi connectivity index (χ1v) is 10.1. The van der Waals surface area contributed by atoms with Crippen molar-refractivity contribution in [3.8, 4) is 0 Å². The molecule has 26 heavy (non-hydrogen) atoms. The van der Waals surface area contributed by atoms with E-state index in [9.17, 15) is 13.2 Å². The first kappa shape index (κ1) is 17.0. The third-order valence-electron chi connectivity index (χ3n) is 4.83. The lowest BCUT2D eigenvalue weighted by Crippen LogP contribution is -2.28. The maximum atomic E-state index is 12.6. The Morgan fingerprint density at radius 3 is 2.92 bits per heavy atom. The number of aromatic nitrogens is 3. The van der Waals surface area contributed by atoms with Gasteiger partial charge in [-0.1, -0.05) is 0 Å². The van der Waals surface area contributed by atoms with E-state index in [0.29, 0.717) is 17.6 Å². The molecular weight excluding hydrogens is 356 g/mol. The number of nitrogens with zero attached hydrogens (tertiary/aromatic N) is 3. The van der Waals surface area contributed by atoms with Crippen molar-refractivity contribution in [2.24, 2.45) is 7.05 Å². The van der Waals surface area contributed by atoms with E-state index in [-0.39, 0.29) is 11.4 Å². The van der Waals surface area contributed by atoms with Gasteiger partial charge in [0.2, 0.25) is 10.0 Å². The second kappa shape index (κ2) is 6.40. The molecule has 1 aliphatic rings. The molecule has 4 rings (SSSR count). The number of oxazole rings is 1. The summed E-state index contributed by atoms with van der Waals surface area (Å²) in [7, 11) is -2.14. The highest BCUT2D eigenvalue weighted by Crippen LogP contribution is 2.21. The van der Waals surface area contributed by atoms with Crippen molar-refractivity contribution >= 4 is 21.1 Å². The second-order valence-electron chi connectivity index (χ2n) is 6.50. The number of sulfonamides is 1. The second-order valence-corrected chi connectivity index (χ2v) is 8.27. The van der Waals surface area contributed by atoms with Crippen molar-refractivity contribution in [2.45, 2.75) is 37.1 Å². The maximum Gasteiger partial charge on any atom is 0.419 e. The molecule has 0 atom stereocenters. The molecule has 8 nitrogen and oxygen atoms in total. The van der Waals surface area contributed by atoms with Gasteiger partial charge in [0.25, 0.3) is 0 Å². The predicted octanol–water partition coefficient (Wildman–Crippen LogP) is 1.19. The Kier molecular flexibility index (Phi) is 4.20. The van der Waals surface area contributed by atoms with Crippen LogP contribution < -0.4 is 10.5 Å². The normalized spacial score (nSPS) is 14.7. The molecule has 2 aromatic heterocycles. The third kappa shape index (κ3) is 2.97. The zero-order valence-corrected chi connectivity index (χ0v) is 15.3. The van der Waals surface area contributed by atoms with Crippen LogP contribution in [0.1, 0.15) is 24.1 Å². The van der Waals surface area contributed by atoms with E-state index in [0.717, 1.165) is 19.3 Å². The molecule has 0 saturated carbocycles. The van der Waals surface area contributed by atoms with Gasteiger partial charge in [-0.25, -0.2) is 17.9 Å². The van der Waals surface area contributed by atoms with Crippen molar-refractivity contribution in [3.05, 3.63) is 46.2 Å². The molecule has 0 bridgehead atoms. The van der Waals surface area contributed by atoms with Crippen LogP contribution in [-0.2, 0) is 36.5 Å². The number of fused-ring (bicyclic) bond motifs is 2. The number of aryl methyl sites for hydroxylation is 2. The van der Waals surface area contributed by atoms with E-state index in [1.54, 1.807) is 7.05 Å². The molecule has 1 aromatic carbocycles. The number of nitrogens with one attached hydrogen (secondary N) is 1. The molecule has 3 aromatic rings. The van der Waals surface area contributed by atoms with Gasteiger partial charge in [-0.2, -0.15) is 5.10 Å². The van der Waals surface area contributed by atoms with E-state index in [4.69, 9.17) is 4.42 Å². The van der Waals surface area contributed by atoms with Gasteiger partial charge in [-0.05, 0) is 49.4 Å². The van der Waals surface area contributed by atoms with Crippen LogP contribution in [0.5, 0.6) is 0 Å². The Morgan fingerprint density at radius 1 is 1.27 bits per heavy atom. The summed E-state index contributed by atoms with van der Waals surface area (Å²) >= 11 is 0. The van der Waals surface area contributed by atoms with Crippen LogP contribution in [0.25, 0.3) is 11.1 Å². The van der Waals surface area contributed by atoms with Crippen LogP contribution in [0.3, 0.4) is 0 Å². The number of rotatable bonds is 5. The van der Waals surface area contributed by atoms with Gasteiger partial charge in [0.05, 0.1) is 23.2 Å². The molecule has 1 aliphatic carbocycles. The minimum Gasteiger partial charge on any atom is -0.408 e. The molecule has 2 heterocycles. The molecule has 0 fully saturated rings. The van der Waals surface area contributed by atoms with Crippen molar-refractivity contribution in [1.29, 1.82) is 0 Å². The minimum absolute atomic E-state index is 0.101. The van der Waals surface area contributed by atoms with Gasteiger partial charge in [0, 0.05) is 19.3 Å². The van der Waals surface area contributed by atoms with E-state index in [2.05, 4.69) is 9.82 Å². The fourth-order valence-corrected chi connectivity index (χ4v) is 4.43. The van der Waals surface area contributed by atoms with Crippen LogP contribution in [0.4, 0.5) is 0 Å². The molecule has 0 spiro atoms. The highest BCUT2D eigenvalue weighted by Gasteiger charge is 2.18. The van der Waals surface area contributed by atoms with Gasteiger partial charge in [-0.3, -0.25) is 9.25 Å². The fourth-order valence-electron chi connectivity index (χ4n) is 3.39. The van der Waals surface area contributed by atoms with E-state index in [1.807, 2.05) is 10.9 Å². The summed E-state index contributed by atoms with van der Waals surface area (Å²) in [5.41, 5.74) is 3.29. The Morgan fingerprint density at radius 2 is 2.08 bits per heavy atom. The number of benzene rings is 1. The molecule has 0 amide bonds. The first-order valence-electron chi connectivity index (χ1n) is 8.58. The number of hydrogen-bond donors (Lipinski definition) is 1. The minimum atomic E-state index is -3.68. The van der Waals surface area contributed by atoms with Crippen LogP contribution >= 0.6 is 0 Å². The zero-order chi connectivity index (χ0) is 18.3. The molecule has 9 heteroatoms. The molecule has 1 N–H and O–H groups in total. The average molecular weight is 376 g/mol. The van der Waals surface area contributed by atoms with E-state index in [1.165, 1.54) is 40.4 Å². The molecule has 138 valence electrons.